The summed E-state index contributed by atoms with van der Waals surface area (Å²) in [4.78, 5) is 11.0. The van der Waals surface area contributed by atoms with Gasteiger partial charge in [-0.05, 0) is 24.7 Å². The number of rotatable bonds is 7. The summed E-state index contributed by atoms with van der Waals surface area (Å²) in [6, 6.07) is 7.03. The van der Waals surface area contributed by atoms with Crippen molar-refractivity contribution in [3.05, 3.63) is 40.7 Å². The van der Waals surface area contributed by atoms with E-state index in [4.69, 9.17) is 27.2 Å². The fraction of sp³-hybridized carbons (Fsp3) is 0.308. The Hall–Kier alpha value is -2.12. The van der Waals surface area contributed by atoms with Gasteiger partial charge in [0, 0.05) is 11.4 Å². The first-order valence-corrected chi connectivity index (χ1v) is 6.73. The summed E-state index contributed by atoms with van der Waals surface area (Å²) < 4.78 is 7.04. The van der Waals surface area contributed by atoms with Crippen molar-refractivity contribution in [2.75, 3.05) is 13.2 Å². The number of hydrogen-bond acceptors (Lipinski definition) is 5. The van der Waals surface area contributed by atoms with Crippen LogP contribution in [0.15, 0.2) is 24.3 Å². The number of aromatic nitrogens is 3. The quantitative estimate of drug-likeness (QED) is 0.796. The molecule has 0 atom stereocenters. The summed E-state index contributed by atoms with van der Waals surface area (Å²) in [6.45, 7) is 1.02. The highest BCUT2D eigenvalue weighted by Gasteiger charge is 2.18. The second-order valence-electron chi connectivity index (χ2n) is 4.26. The fourth-order valence-electron chi connectivity index (χ4n) is 1.87. The van der Waals surface area contributed by atoms with Crippen LogP contribution in [0.3, 0.4) is 0 Å². The van der Waals surface area contributed by atoms with E-state index in [1.165, 1.54) is 4.68 Å². The molecule has 3 N–H and O–H groups in total. The Bertz CT molecular complexity index is 630. The smallest absolute Gasteiger partial charge is 0.358 e. The number of aromatic carboxylic acids is 1. The normalized spacial score (nSPS) is 10.6. The zero-order valence-corrected chi connectivity index (χ0v) is 12.0. The number of benzene rings is 1. The fourth-order valence-corrected chi connectivity index (χ4v) is 2.05. The Morgan fingerprint density at radius 3 is 2.95 bits per heavy atom. The van der Waals surface area contributed by atoms with Gasteiger partial charge in [-0.25, -0.2) is 9.48 Å². The van der Waals surface area contributed by atoms with Crippen LogP contribution >= 0.6 is 11.6 Å². The van der Waals surface area contributed by atoms with Crippen molar-refractivity contribution in [1.29, 1.82) is 0 Å². The van der Waals surface area contributed by atoms with Crippen LogP contribution in [0.2, 0.25) is 5.02 Å². The molecule has 0 fully saturated rings. The van der Waals surface area contributed by atoms with Gasteiger partial charge in [-0.3, -0.25) is 0 Å². The molecule has 1 aromatic carbocycles. The molecule has 21 heavy (non-hydrogen) atoms. The van der Waals surface area contributed by atoms with Crippen molar-refractivity contribution in [3.63, 3.8) is 0 Å². The maximum absolute atomic E-state index is 11.0. The van der Waals surface area contributed by atoms with Crippen molar-refractivity contribution < 1.29 is 14.6 Å². The molecule has 8 heteroatoms. The van der Waals surface area contributed by atoms with Gasteiger partial charge in [-0.15, -0.1) is 5.10 Å². The van der Waals surface area contributed by atoms with Crippen LogP contribution in [0.4, 0.5) is 0 Å². The lowest BCUT2D eigenvalue weighted by molar-refractivity contribution is 0.0689. The molecule has 0 bridgehead atoms. The highest BCUT2D eigenvalue weighted by Crippen LogP contribution is 2.17. The summed E-state index contributed by atoms with van der Waals surface area (Å²) in [5.41, 5.74) is 5.92. The molecule has 0 aliphatic rings. The first kappa shape index (κ1) is 15.3. The largest absolute Gasteiger partial charge is 0.492 e. The topological polar surface area (TPSA) is 103 Å². The second-order valence-corrected chi connectivity index (χ2v) is 4.69. The molecule has 1 heterocycles. The lowest BCUT2D eigenvalue weighted by Gasteiger charge is -2.08. The highest BCUT2D eigenvalue weighted by molar-refractivity contribution is 6.30. The van der Waals surface area contributed by atoms with Gasteiger partial charge in [0.25, 0.3) is 0 Å². The highest BCUT2D eigenvalue weighted by atomic mass is 35.5. The van der Waals surface area contributed by atoms with Gasteiger partial charge in [0.15, 0.2) is 5.69 Å². The third-order valence-corrected chi connectivity index (χ3v) is 3.02. The maximum Gasteiger partial charge on any atom is 0.358 e. The molecular formula is C13H15ClN4O3. The molecule has 0 radical (unpaired) electrons. The Kier molecular flexibility index (Phi) is 5.13. The van der Waals surface area contributed by atoms with Gasteiger partial charge < -0.3 is 15.6 Å². The lowest BCUT2D eigenvalue weighted by Crippen LogP contribution is -2.16. The van der Waals surface area contributed by atoms with E-state index in [2.05, 4.69) is 10.3 Å². The third-order valence-electron chi connectivity index (χ3n) is 2.79. The molecule has 0 aliphatic carbocycles. The first-order valence-electron chi connectivity index (χ1n) is 6.36. The molecule has 1 aromatic heterocycles. The van der Waals surface area contributed by atoms with Crippen molar-refractivity contribution in [2.45, 2.75) is 13.0 Å². The lowest BCUT2D eigenvalue weighted by atomic mass is 10.2. The zero-order valence-electron chi connectivity index (χ0n) is 11.2. The van der Waals surface area contributed by atoms with Crippen molar-refractivity contribution in [2.24, 2.45) is 5.73 Å². The molecule has 0 saturated carbocycles. The molecule has 0 spiro atoms. The molecule has 0 unspecified atom stereocenters. The minimum atomic E-state index is -1.11. The molecular weight excluding hydrogens is 296 g/mol. The monoisotopic (exact) mass is 310 g/mol. The molecule has 112 valence electrons. The molecule has 7 nitrogen and oxygen atoms in total. The summed E-state index contributed by atoms with van der Waals surface area (Å²) in [5, 5.41) is 17.1. The van der Waals surface area contributed by atoms with Crippen LogP contribution in [0, 0.1) is 0 Å². The third kappa shape index (κ3) is 3.93. The molecule has 0 aliphatic heterocycles. The minimum absolute atomic E-state index is 0.0665. The second kappa shape index (κ2) is 7.05. The predicted molar refractivity (Wildman–Crippen MR) is 76.7 cm³/mol. The van der Waals surface area contributed by atoms with E-state index < -0.39 is 5.97 Å². The van der Waals surface area contributed by atoms with E-state index in [1.807, 2.05) is 0 Å². The summed E-state index contributed by atoms with van der Waals surface area (Å²) >= 11 is 5.86. The number of halogens is 1. The Labute approximate surface area is 126 Å². The predicted octanol–water partition coefficient (Wildman–Crippen LogP) is 1.21. The van der Waals surface area contributed by atoms with E-state index >= 15 is 0 Å². The van der Waals surface area contributed by atoms with Crippen LogP contribution in [0.5, 0.6) is 5.75 Å². The van der Waals surface area contributed by atoms with Crippen LogP contribution in [-0.2, 0) is 13.0 Å². The van der Waals surface area contributed by atoms with E-state index in [9.17, 15) is 4.79 Å². The van der Waals surface area contributed by atoms with Gasteiger partial charge in [-0.2, -0.15) is 0 Å². The van der Waals surface area contributed by atoms with Crippen molar-refractivity contribution in [1.82, 2.24) is 15.0 Å². The van der Waals surface area contributed by atoms with Gasteiger partial charge >= 0.3 is 5.97 Å². The number of hydrogen-bond donors (Lipinski definition) is 2. The van der Waals surface area contributed by atoms with Gasteiger partial charge in [0.05, 0.1) is 12.2 Å². The Balaban J connectivity index is 2.01. The number of carboxylic acids is 1. The number of carboxylic acid groups (broad SMARTS) is 1. The molecule has 2 rings (SSSR count). The molecule has 0 amide bonds. The van der Waals surface area contributed by atoms with E-state index in [0.29, 0.717) is 42.6 Å². The SMILES string of the molecule is NCCc1c(C(=O)O)nnn1CCOc1cccc(Cl)c1. The van der Waals surface area contributed by atoms with Crippen LogP contribution in [-0.4, -0.2) is 39.2 Å². The van der Waals surface area contributed by atoms with E-state index in [1.54, 1.807) is 24.3 Å². The number of ether oxygens (including phenoxy) is 1. The van der Waals surface area contributed by atoms with E-state index in [0.717, 1.165) is 0 Å². The van der Waals surface area contributed by atoms with Crippen LogP contribution in [0.25, 0.3) is 0 Å². The number of nitrogens with zero attached hydrogens (tertiary/aromatic N) is 3. The standard InChI is InChI=1S/C13H15ClN4O3/c14-9-2-1-3-10(8-9)21-7-6-18-11(4-5-15)12(13(19)20)16-17-18/h1-3,8H,4-7,15H2,(H,19,20). The van der Waals surface area contributed by atoms with Gasteiger partial charge in [0.1, 0.15) is 12.4 Å². The summed E-state index contributed by atoms with van der Waals surface area (Å²) in [5.74, 6) is -0.470. The molecule has 0 saturated heterocycles. The zero-order chi connectivity index (χ0) is 15.2. The summed E-state index contributed by atoms with van der Waals surface area (Å²) in [6.07, 6.45) is 0.395. The first-order chi connectivity index (χ1) is 10.1. The van der Waals surface area contributed by atoms with E-state index in [-0.39, 0.29) is 5.69 Å². The van der Waals surface area contributed by atoms with Gasteiger partial charge in [0.2, 0.25) is 0 Å². The average Bonchev–Trinajstić information content (AvgIpc) is 2.83. The van der Waals surface area contributed by atoms with Crippen LogP contribution in [0.1, 0.15) is 16.2 Å². The average molecular weight is 311 g/mol. The van der Waals surface area contributed by atoms with Crippen molar-refractivity contribution >= 4 is 17.6 Å². The number of nitrogens with two attached hydrogens (primary N) is 1. The molecule has 2 aromatic rings. The maximum atomic E-state index is 11.0. The minimum Gasteiger partial charge on any atom is -0.492 e. The Morgan fingerprint density at radius 1 is 1.48 bits per heavy atom. The Morgan fingerprint density at radius 2 is 2.29 bits per heavy atom. The van der Waals surface area contributed by atoms with Gasteiger partial charge in [-0.1, -0.05) is 22.9 Å². The van der Waals surface area contributed by atoms with Crippen molar-refractivity contribution in [3.8, 4) is 5.75 Å². The van der Waals surface area contributed by atoms with Crippen LogP contribution < -0.4 is 10.5 Å². The summed E-state index contributed by atoms with van der Waals surface area (Å²) in [7, 11) is 0. The number of carbonyl (C=O) groups is 1.